The van der Waals surface area contributed by atoms with Crippen molar-refractivity contribution in [2.24, 2.45) is 5.92 Å². The maximum atomic E-state index is 13.1. The zero-order chi connectivity index (χ0) is 23.0. The van der Waals surface area contributed by atoms with Gasteiger partial charge in [0.25, 0.3) is 0 Å². The number of benzene rings is 2. The third-order valence-corrected chi connectivity index (χ3v) is 6.59. The first-order valence-corrected chi connectivity index (χ1v) is 12.2. The van der Waals surface area contributed by atoms with E-state index >= 15 is 0 Å². The van der Waals surface area contributed by atoms with Gasteiger partial charge in [0.05, 0.1) is 10.0 Å². The minimum Gasteiger partial charge on any atom is -0.354 e. The van der Waals surface area contributed by atoms with Crippen molar-refractivity contribution in [3.05, 3.63) is 63.1 Å². The van der Waals surface area contributed by atoms with Crippen LogP contribution in [0, 0.1) is 5.92 Å². The largest absolute Gasteiger partial charge is 0.354 e. The minimum atomic E-state index is -0.610. The van der Waals surface area contributed by atoms with E-state index in [-0.39, 0.29) is 18.4 Å². The molecular weight excluding hydrogens is 475 g/mol. The monoisotopic (exact) mass is 500 g/mol. The highest BCUT2D eigenvalue weighted by molar-refractivity contribution is 7.99. The van der Waals surface area contributed by atoms with Crippen LogP contribution in [0.4, 0.5) is 0 Å². The lowest BCUT2D eigenvalue weighted by Crippen LogP contribution is -2.48. The molecule has 168 valence electrons. The number of hydrogen-bond donors (Lipinski definition) is 1. The summed E-state index contributed by atoms with van der Waals surface area (Å²) in [6.45, 7) is 6.63. The number of halogens is 3. The average molecular weight is 502 g/mol. The summed E-state index contributed by atoms with van der Waals surface area (Å²) in [7, 11) is 0. The molecule has 31 heavy (non-hydrogen) atoms. The van der Waals surface area contributed by atoms with E-state index in [1.165, 1.54) is 0 Å². The fourth-order valence-electron chi connectivity index (χ4n) is 2.80. The molecule has 1 atom stereocenters. The summed E-state index contributed by atoms with van der Waals surface area (Å²) >= 11 is 19.6. The van der Waals surface area contributed by atoms with Crippen molar-refractivity contribution in [1.82, 2.24) is 10.2 Å². The number of carbonyl (C=O) groups excluding carboxylic acids is 2. The molecule has 0 unspecified atom stereocenters. The third-order valence-electron chi connectivity index (χ3n) is 4.59. The van der Waals surface area contributed by atoms with E-state index in [0.29, 0.717) is 39.7 Å². The van der Waals surface area contributed by atoms with Gasteiger partial charge in [-0.05, 0) is 54.8 Å². The zero-order valence-electron chi connectivity index (χ0n) is 17.8. The smallest absolute Gasteiger partial charge is 0.242 e. The minimum absolute atomic E-state index is 0.0975. The van der Waals surface area contributed by atoms with Gasteiger partial charge >= 0.3 is 0 Å². The number of thioether (sulfide) groups is 1. The Balaban J connectivity index is 2.08. The Morgan fingerprint density at radius 1 is 1.00 bits per heavy atom. The Morgan fingerprint density at radius 3 is 2.29 bits per heavy atom. The Bertz CT molecular complexity index is 891. The van der Waals surface area contributed by atoms with Crippen LogP contribution in [-0.4, -0.2) is 35.1 Å². The van der Waals surface area contributed by atoms with Gasteiger partial charge in [0.15, 0.2) is 0 Å². The van der Waals surface area contributed by atoms with E-state index in [1.807, 2.05) is 44.2 Å². The van der Waals surface area contributed by atoms with Gasteiger partial charge in [-0.3, -0.25) is 9.59 Å². The molecule has 0 aliphatic rings. The van der Waals surface area contributed by atoms with Gasteiger partial charge in [0.2, 0.25) is 11.8 Å². The topological polar surface area (TPSA) is 49.4 Å². The second-order valence-corrected chi connectivity index (χ2v) is 10.1. The quantitative estimate of drug-likeness (QED) is 0.388. The second-order valence-electron chi connectivity index (χ2n) is 7.64. The summed E-state index contributed by atoms with van der Waals surface area (Å²) in [5.74, 6) is 0.650. The van der Waals surface area contributed by atoms with Gasteiger partial charge in [0, 0.05) is 35.2 Å². The molecule has 0 heterocycles. The lowest BCUT2D eigenvalue weighted by molar-refractivity contribution is -0.140. The highest BCUT2D eigenvalue weighted by Gasteiger charge is 2.26. The SMILES string of the molecule is CC(C)CNC(=O)[C@@H](C)N(Cc1ccc(Cl)c(Cl)c1)C(=O)CCSc1ccc(Cl)cc1. The molecule has 0 saturated carbocycles. The fourth-order valence-corrected chi connectivity index (χ4v) is 4.09. The summed E-state index contributed by atoms with van der Waals surface area (Å²) < 4.78 is 0. The molecule has 8 heteroatoms. The van der Waals surface area contributed by atoms with Gasteiger partial charge in [-0.2, -0.15) is 0 Å². The lowest BCUT2D eigenvalue weighted by Gasteiger charge is -2.29. The van der Waals surface area contributed by atoms with Crippen molar-refractivity contribution in [2.75, 3.05) is 12.3 Å². The van der Waals surface area contributed by atoms with Gasteiger partial charge in [-0.1, -0.05) is 54.7 Å². The Kier molecular flexibility index (Phi) is 10.5. The van der Waals surface area contributed by atoms with Crippen LogP contribution >= 0.6 is 46.6 Å². The molecule has 0 aliphatic heterocycles. The van der Waals surface area contributed by atoms with Crippen LogP contribution < -0.4 is 5.32 Å². The number of nitrogens with one attached hydrogen (secondary N) is 1. The van der Waals surface area contributed by atoms with E-state index in [2.05, 4.69) is 5.32 Å². The van der Waals surface area contributed by atoms with Gasteiger partial charge < -0.3 is 10.2 Å². The molecule has 0 fully saturated rings. The molecule has 0 spiro atoms. The first-order chi connectivity index (χ1) is 14.7. The van der Waals surface area contributed by atoms with Crippen molar-refractivity contribution >= 4 is 58.4 Å². The number of amides is 2. The summed E-state index contributed by atoms with van der Waals surface area (Å²) in [4.78, 5) is 28.4. The van der Waals surface area contributed by atoms with Gasteiger partial charge in [-0.15, -0.1) is 11.8 Å². The second kappa shape index (κ2) is 12.6. The molecule has 2 amide bonds. The zero-order valence-corrected chi connectivity index (χ0v) is 20.9. The van der Waals surface area contributed by atoms with Crippen molar-refractivity contribution in [1.29, 1.82) is 0 Å². The standard InChI is InChI=1S/C23H27Cl3N2O2S/c1-15(2)13-27-23(30)16(3)28(14-17-4-9-20(25)21(26)12-17)22(29)10-11-31-19-7-5-18(24)6-8-19/h4-9,12,15-16H,10-11,13-14H2,1-3H3,(H,27,30)/t16-/m1/s1. The number of nitrogens with zero attached hydrogens (tertiary/aromatic N) is 1. The molecule has 0 bridgehead atoms. The summed E-state index contributed by atoms with van der Waals surface area (Å²) in [5.41, 5.74) is 0.816. The Morgan fingerprint density at radius 2 is 1.68 bits per heavy atom. The molecule has 2 aromatic carbocycles. The van der Waals surface area contributed by atoms with Crippen molar-refractivity contribution in [3.63, 3.8) is 0 Å². The van der Waals surface area contributed by atoms with Gasteiger partial charge in [0.1, 0.15) is 6.04 Å². The predicted molar refractivity (Wildman–Crippen MR) is 131 cm³/mol. The summed E-state index contributed by atoms with van der Waals surface area (Å²) in [5, 5.41) is 4.46. The number of rotatable bonds is 10. The fraction of sp³-hybridized carbons (Fsp3) is 0.391. The van der Waals surface area contributed by atoms with E-state index in [0.717, 1.165) is 10.5 Å². The van der Waals surface area contributed by atoms with Crippen LogP contribution in [-0.2, 0) is 16.1 Å². The first-order valence-electron chi connectivity index (χ1n) is 10.1. The number of hydrogen-bond acceptors (Lipinski definition) is 3. The maximum absolute atomic E-state index is 13.1. The average Bonchev–Trinajstić information content (AvgIpc) is 2.73. The van der Waals surface area contributed by atoms with Crippen LogP contribution in [0.2, 0.25) is 15.1 Å². The third kappa shape index (κ3) is 8.57. The van der Waals surface area contributed by atoms with Crippen LogP contribution in [0.3, 0.4) is 0 Å². The van der Waals surface area contributed by atoms with E-state index < -0.39 is 6.04 Å². The van der Waals surface area contributed by atoms with Gasteiger partial charge in [-0.25, -0.2) is 0 Å². The molecule has 2 aromatic rings. The molecular formula is C23H27Cl3N2O2S. The molecule has 2 rings (SSSR count). The van der Waals surface area contributed by atoms with Crippen LogP contribution in [0.15, 0.2) is 47.4 Å². The summed E-state index contributed by atoms with van der Waals surface area (Å²) in [6, 6.07) is 12.1. The lowest BCUT2D eigenvalue weighted by atomic mass is 10.1. The van der Waals surface area contributed by atoms with Crippen molar-refractivity contribution in [3.8, 4) is 0 Å². The number of carbonyl (C=O) groups is 2. The molecule has 0 radical (unpaired) electrons. The van der Waals surface area contributed by atoms with Crippen LogP contribution in [0.1, 0.15) is 32.8 Å². The molecule has 0 saturated heterocycles. The van der Waals surface area contributed by atoms with Crippen molar-refractivity contribution < 1.29 is 9.59 Å². The first kappa shape index (κ1) is 25.9. The molecule has 0 aliphatic carbocycles. The van der Waals surface area contributed by atoms with Crippen LogP contribution in [0.5, 0.6) is 0 Å². The maximum Gasteiger partial charge on any atom is 0.242 e. The van der Waals surface area contributed by atoms with E-state index in [9.17, 15) is 9.59 Å². The predicted octanol–water partition coefficient (Wildman–Crippen LogP) is 6.32. The summed E-state index contributed by atoms with van der Waals surface area (Å²) in [6.07, 6.45) is 0.302. The molecule has 1 N–H and O–H groups in total. The molecule has 0 aromatic heterocycles. The van der Waals surface area contributed by atoms with Crippen LogP contribution in [0.25, 0.3) is 0 Å². The Labute approximate surface area is 203 Å². The Hall–Kier alpha value is -1.40. The van der Waals surface area contributed by atoms with Crippen molar-refractivity contribution in [2.45, 2.75) is 44.7 Å². The highest BCUT2D eigenvalue weighted by Crippen LogP contribution is 2.25. The van der Waals surface area contributed by atoms with E-state index in [4.69, 9.17) is 34.8 Å². The normalized spacial score (nSPS) is 12.0. The van der Waals surface area contributed by atoms with E-state index in [1.54, 1.807) is 35.7 Å². The molecule has 4 nitrogen and oxygen atoms in total. The highest BCUT2D eigenvalue weighted by atomic mass is 35.5.